The normalized spacial score (nSPS) is 14.2. The zero-order valence-electron chi connectivity index (χ0n) is 15.5. The molecule has 27 heavy (non-hydrogen) atoms. The molecule has 0 spiro atoms. The lowest BCUT2D eigenvalue weighted by molar-refractivity contribution is 0.0951. The topological polar surface area (TPSA) is 75.7 Å². The summed E-state index contributed by atoms with van der Waals surface area (Å²) in [6.07, 6.45) is 2.02. The van der Waals surface area contributed by atoms with E-state index in [9.17, 15) is 13.2 Å². The number of carbonyl (C=O) groups is 1. The number of nitrogens with one attached hydrogen (secondary N) is 1. The van der Waals surface area contributed by atoms with Gasteiger partial charge in [-0.3, -0.25) is 4.79 Å². The maximum Gasteiger partial charge on any atom is 0.251 e. The van der Waals surface area contributed by atoms with Gasteiger partial charge in [0.1, 0.15) is 5.75 Å². The third-order valence-corrected chi connectivity index (χ3v) is 6.20. The van der Waals surface area contributed by atoms with Gasteiger partial charge in [0.2, 0.25) is 10.0 Å². The fourth-order valence-electron chi connectivity index (χ4n) is 2.73. The second-order valence-electron chi connectivity index (χ2n) is 6.58. The van der Waals surface area contributed by atoms with E-state index in [0.29, 0.717) is 23.5 Å². The first-order valence-electron chi connectivity index (χ1n) is 8.99. The number of hydrogen-bond acceptors (Lipinski definition) is 4. The molecule has 6 nitrogen and oxygen atoms in total. The smallest absolute Gasteiger partial charge is 0.251 e. The van der Waals surface area contributed by atoms with Crippen molar-refractivity contribution in [3.8, 4) is 5.75 Å². The fourth-order valence-corrected chi connectivity index (χ4v) is 3.90. The second-order valence-corrected chi connectivity index (χ2v) is 8.62. The molecule has 1 aliphatic carbocycles. The second kappa shape index (κ2) is 8.10. The van der Waals surface area contributed by atoms with Gasteiger partial charge in [0.15, 0.2) is 0 Å². The fraction of sp³-hybridized carbons (Fsp3) is 0.350. The van der Waals surface area contributed by atoms with Crippen LogP contribution in [0.25, 0.3) is 0 Å². The van der Waals surface area contributed by atoms with Crippen LogP contribution in [0.3, 0.4) is 0 Å². The van der Waals surface area contributed by atoms with Gasteiger partial charge in [-0.1, -0.05) is 18.2 Å². The summed E-state index contributed by atoms with van der Waals surface area (Å²) in [5, 5.41) is 2.95. The average Bonchev–Trinajstić information content (AvgIpc) is 3.48. The zero-order valence-corrected chi connectivity index (χ0v) is 16.3. The molecule has 0 radical (unpaired) electrons. The molecule has 0 saturated heterocycles. The highest BCUT2D eigenvalue weighted by Crippen LogP contribution is 2.25. The van der Waals surface area contributed by atoms with Gasteiger partial charge in [0.05, 0.1) is 11.5 Å². The van der Waals surface area contributed by atoms with E-state index in [1.54, 1.807) is 48.5 Å². The van der Waals surface area contributed by atoms with Gasteiger partial charge in [0, 0.05) is 30.8 Å². The first-order valence-corrected chi connectivity index (χ1v) is 10.4. The van der Waals surface area contributed by atoms with Crippen molar-refractivity contribution in [3.05, 3.63) is 59.7 Å². The molecular formula is C20H24N2O4S. The standard InChI is InChI=1S/C20H24N2O4S/c1-3-26-19-12-9-15(20(23)21-17-10-11-17)13-16(19)14-22(2)27(24,25)18-7-5-4-6-8-18/h4-9,12-13,17H,3,10-11,14H2,1-2H3,(H,21,23). The van der Waals surface area contributed by atoms with E-state index in [4.69, 9.17) is 4.74 Å². The molecule has 3 rings (SSSR count). The van der Waals surface area contributed by atoms with Crippen molar-refractivity contribution in [1.29, 1.82) is 0 Å². The number of hydrogen-bond donors (Lipinski definition) is 1. The van der Waals surface area contributed by atoms with Crippen molar-refractivity contribution >= 4 is 15.9 Å². The number of nitrogens with zero attached hydrogens (tertiary/aromatic N) is 1. The van der Waals surface area contributed by atoms with Crippen LogP contribution in [-0.2, 0) is 16.6 Å². The van der Waals surface area contributed by atoms with Crippen LogP contribution in [0.1, 0.15) is 35.7 Å². The first-order chi connectivity index (χ1) is 12.9. The van der Waals surface area contributed by atoms with Crippen LogP contribution in [0.2, 0.25) is 0 Å². The number of sulfonamides is 1. The van der Waals surface area contributed by atoms with Crippen molar-refractivity contribution in [2.45, 2.75) is 37.2 Å². The Labute approximate surface area is 160 Å². The third kappa shape index (κ3) is 4.67. The molecule has 0 unspecified atom stereocenters. The van der Waals surface area contributed by atoms with Crippen LogP contribution in [0.4, 0.5) is 0 Å². The molecule has 0 atom stereocenters. The zero-order chi connectivity index (χ0) is 19.4. The minimum Gasteiger partial charge on any atom is -0.494 e. The minimum atomic E-state index is -3.63. The SMILES string of the molecule is CCOc1ccc(C(=O)NC2CC2)cc1CN(C)S(=O)(=O)c1ccccc1. The van der Waals surface area contributed by atoms with Crippen molar-refractivity contribution < 1.29 is 17.9 Å². The van der Waals surface area contributed by atoms with Gasteiger partial charge >= 0.3 is 0 Å². The van der Waals surface area contributed by atoms with Crippen LogP contribution in [0, 0.1) is 0 Å². The minimum absolute atomic E-state index is 0.108. The van der Waals surface area contributed by atoms with Gasteiger partial charge in [-0.25, -0.2) is 8.42 Å². The average molecular weight is 388 g/mol. The molecular weight excluding hydrogens is 364 g/mol. The van der Waals surface area contributed by atoms with E-state index in [1.807, 2.05) is 6.92 Å². The van der Waals surface area contributed by atoms with Gasteiger partial charge in [-0.15, -0.1) is 0 Å². The highest BCUT2D eigenvalue weighted by Gasteiger charge is 2.25. The van der Waals surface area contributed by atoms with E-state index in [1.165, 1.54) is 11.4 Å². The predicted molar refractivity (Wildman–Crippen MR) is 103 cm³/mol. The Morgan fingerprint density at radius 1 is 1.19 bits per heavy atom. The summed E-state index contributed by atoms with van der Waals surface area (Å²) in [7, 11) is -2.11. The van der Waals surface area contributed by atoms with Crippen molar-refractivity contribution in [2.24, 2.45) is 0 Å². The van der Waals surface area contributed by atoms with E-state index < -0.39 is 10.0 Å². The van der Waals surface area contributed by atoms with Gasteiger partial charge < -0.3 is 10.1 Å². The molecule has 0 aromatic heterocycles. The summed E-state index contributed by atoms with van der Waals surface area (Å²) < 4.78 is 32.5. The molecule has 1 fully saturated rings. The van der Waals surface area contributed by atoms with E-state index in [2.05, 4.69) is 5.32 Å². The number of ether oxygens (including phenoxy) is 1. The van der Waals surface area contributed by atoms with E-state index in [0.717, 1.165) is 12.8 Å². The lowest BCUT2D eigenvalue weighted by Crippen LogP contribution is -2.28. The number of amides is 1. The molecule has 1 N–H and O–H groups in total. The lowest BCUT2D eigenvalue weighted by atomic mass is 10.1. The molecule has 0 bridgehead atoms. The van der Waals surface area contributed by atoms with Crippen LogP contribution < -0.4 is 10.1 Å². The van der Waals surface area contributed by atoms with Crippen LogP contribution in [0.5, 0.6) is 5.75 Å². The van der Waals surface area contributed by atoms with Gasteiger partial charge in [0.25, 0.3) is 5.91 Å². The molecule has 0 heterocycles. The molecule has 2 aromatic carbocycles. The summed E-state index contributed by atoms with van der Waals surface area (Å²) in [6.45, 7) is 2.43. The molecule has 144 valence electrons. The van der Waals surface area contributed by atoms with Crippen LogP contribution in [0.15, 0.2) is 53.4 Å². The summed E-state index contributed by atoms with van der Waals surface area (Å²) in [4.78, 5) is 12.6. The van der Waals surface area contributed by atoms with Gasteiger partial charge in [-0.05, 0) is 50.1 Å². The Morgan fingerprint density at radius 2 is 1.89 bits per heavy atom. The van der Waals surface area contributed by atoms with E-state index >= 15 is 0 Å². The molecule has 1 amide bonds. The molecule has 0 aliphatic heterocycles. The highest BCUT2D eigenvalue weighted by molar-refractivity contribution is 7.89. The Hall–Kier alpha value is -2.38. The molecule has 2 aromatic rings. The van der Waals surface area contributed by atoms with Crippen molar-refractivity contribution in [1.82, 2.24) is 9.62 Å². The maximum atomic E-state index is 12.8. The van der Waals surface area contributed by atoms with Crippen molar-refractivity contribution in [3.63, 3.8) is 0 Å². The quantitative estimate of drug-likeness (QED) is 0.754. The predicted octanol–water partition coefficient (Wildman–Crippen LogP) is 2.80. The summed E-state index contributed by atoms with van der Waals surface area (Å²) in [5.41, 5.74) is 1.16. The monoisotopic (exact) mass is 388 g/mol. The largest absolute Gasteiger partial charge is 0.494 e. The van der Waals surface area contributed by atoms with Gasteiger partial charge in [-0.2, -0.15) is 4.31 Å². The number of rotatable bonds is 8. The summed E-state index contributed by atoms with van der Waals surface area (Å²) in [6, 6.07) is 13.7. The first kappa shape index (κ1) is 19.4. The van der Waals surface area contributed by atoms with Crippen molar-refractivity contribution in [2.75, 3.05) is 13.7 Å². The Balaban J connectivity index is 1.85. The number of carbonyl (C=O) groups excluding carboxylic acids is 1. The Kier molecular flexibility index (Phi) is 5.82. The molecule has 1 saturated carbocycles. The highest BCUT2D eigenvalue weighted by atomic mass is 32.2. The summed E-state index contributed by atoms with van der Waals surface area (Å²) in [5.74, 6) is 0.436. The Bertz CT molecular complexity index is 909. The Morgan fingerprint density at radius 3 is 2.52 bits per heavy atom. The number of benzene rings is 2. The molecule has 1 aliphatic rings. The maximum absolute atomic E-state index is 12.8. The van der Waals surface area contributed by atoms with E-state index in [-0.39, 0.29) is 23.4 Å². The third-order valence-electron chi connectivity index (χ3n) is 4.38. The lowest BCUT2D eigenvalue weighted by Gasteiger charge is -2.20. The summed E-state index contributed by atoms with van der Waals surface area (Å²) >= 11 is 0. The van der Waals surface area contributed by atoms with Crippen LogP contribution in [-0.4, -0.2) is 38.3 Å². The van der Waals surface area contributed by atoms with Crippen LogP contribution >= 0.6 is 0 Å². The molecule has 7 heteroatoms.